The van der Waals surface area contributed by atoms with E-state index in [4.69, 9.17) is 4.74 Å². The van der Waals surface area contributed by atoms with Crippen molar-refractivity contribution in [3.63, 3.8) is 0 Å². The van der Waals surface area contributed by atoms with Crippen molar-refractivity contribution in [2.75, 3.05) is 4.90 Å². The number of carbonyl (C=O) groups is 2. The molecule has 1 atom stereocenters. The van der Waals surface area contributed by atoms with Gasteiger partial charge in [0.2, 0.25) is 0 Å². The average molecular weight is 443 g/mol. The predicted octanol–water partition coefficient (Wildman–Crippen LogP) is 5.70. The molecule has 0 saturated heterocycles. The van der Waals surface area contributed by atoms with E-state index < -0.39 is 23.1 Å². The summed E-state index contributed by atoms with van der Waals surface area (Å²) < 4.78 is 5.94. The second-order valence-electron chi connectivity index (χ2n) is 8.90. The van der Waals surface area contributed by atoms with Crippen LogP contribution in [0.15, 0.2) is 90.2 Å². The second-order valence-corrected chi connectivity index (χ2v) is 8.90. The van der Waals surface area contributed by atoms with Gasteiger partial charge in [0.15, 0.2) is 11.5 Å². The monoisotopic (exact) mass is 443 g/mol. The van der Waals surface area contributed by atoms with Crippen molar-refractivity contribution < 1.29 is 24.5 Å². The van der Waals surface area contributed by atoms with Gasteiger partial charge < -0.3 is 14.9 Å². The first-order valence-electron chi connectivity index (χ1n) is 10.6. The summed E-state index contributed by atoms with van der Waals surface area (Å²) in [6.45, 7) is 5.19. The minimum atomic E-state index is -0.933. The number of aliphatic hydroxyl groups excluding tert-OH is 1. The number of nitrogens with zero attached hydrogens (tertiary/aromatic N) is 1. The topological polar surface area (TPSA) is 87.1 Å². The molecule has 3 aromatic carbocycles. The number of phenolic OH excluding ortho intramolecular Hbond substituents is 1. The predicted molar refractivity (Wildman–Crippen MR) is 125 cm³/mol. The van der Waals surface area contributed by atoms with E-state index >= 15 is 0 Å². The lowest BCUT2D eigenvalue weighted by Crippen LogP contribution is -2.32. The number of ether oxygens (including phenoxy) is 1. The largest absolute Gasteiger partial charge is 0.506 e. The number of hydrogen-bond acceptors (Lipinski definition) is 5. The normalized spacial score (nSPS) is 16.3. The summed E-state index contributed by atoms with van der Waals surface area (Å²) in [5.41, 5.74) is -0.0798. The standard InChI is InChI=1S/C27H25NO5/c1-27(2,3)25(31)22-23(28(26(32)24(22)30)20-14-7-8-15-21(20)29)17-10-9-13-19(16-17)33-18-11-5-4-6-12-18/h4-16,23,29-30H,1-3H3. The Labute approximate surface area is 192 Å². The molecule has 6 nitrogen and oxygen atoms in total. The van der Waals surface area contributed by atoms with Gasteiger partial charge in [-0.3, -0.25) is 14.5 Å². The molecule has 0 spiro atoms. The molecule has 6 heteroatoms. The van der Waals surface area contributed by atoms with Crippen LogP contribution in [0.1, 0.15) is 32.4 Å². The van der Waals surface area contributed by atoms with E-state index in [1.807, 2.05) is 30.3 Å². The zero-order chi connectivity index (χ0) is 23.8. The number of rotatable bonds is 5. The van der Waals surface area contributed by atoms with Crippen molar-refractivity contribution in [2.24, 2.45) is 5.41 Å². The Kier molecular flexibility index (Phi) is 5.68. The summed E-state index contributed by atoms with van der Waals surface area (Å²) in [6.07, 6.45) is 0. The van der Waals surface area contributed by atoms with Crippen LogP contribution in [0, 0.1) is 5.41 Å². The number of anilines is 1. The molecule has 4 rings (SSSR count). The molecule has 3 aromatic rings. The maximum absolute atomic E-state index is 13.4. The Morgan fingerprint density at radius 3 is 2.18 bits per heavy atom. The van der Waals surface area contributed by atoms with Crippen molar-refractivity contribution in [2.45, 2.75) is 26.8 Å². The third-order valence-electron chi connectivity index (χ3n) is 5.43. The first-order valence-corrected chi connectivity index (χ1v) is 10.6. The highest BCUT2D eigenvalue weighted by Crippen LogP contribution is 2.46. The average Bonchev–Trinajstić information content (AvgIpc) is 3.04. The summed E-state index contributed by atoms with van der Waals surface area (Å²) >= 11 is 0. The number of ketones is 1. The van der Waals surface area contributed by atoms with E-state index in [0.29, 0.717) is 17.1 Å². The first-order chi connectivity index (χ1) is 15.7. The van der Waals surface area contributed by atoms with Crippen molar-refractivity contribution in [1.82, 2.24) is 0 Å². The number of para-hydroxylation sites is 3. The van der Waals surface area contributed by atoms with Gasteiger partial charge in [0.25, 0.3) is 5.91 Å². The number of aromatic hydroxyl groups is 1. The van der Waals surface area contributed by atoms with Gasteiger partial charge in [0.05, 0.1) is 17.3 Å². The van der Waals surface area contributed by atoms with Gasteiger partial charge in [-0.25, -0.2) is 0 Å². The Morgan fingerprint density at radius 1 is 0.879 bits per heavy atom. The maximum atomic E-state index is 13.4. The molecule has 1 heterocycles. The summed E-state index contributed by atoms with van der Waals surface area (Å²) in [7, 11) is 0. The van der Waals surface area contributed by atoms with Gasteiger partial charge in [-0.2, -0.15) is 0 Å². The molecular formula is C27H25NO5. The number of hydrogen-bond donors (Lipinski definition) is 2. The highest BCUT2D eigenvalue weighted by atomic mass is 16.5. The van der Waals surface area contributed by atoms with Gasteiger partial charge in [-0.1, -0.05) is 63.2 Å². The summed E-state index contributed by atoms with van der Waals surface area (Å²) in [5.74, 6) is -0.701. The Morgan fingerprint density at radius 2 is 1.52 bits per heavy atom. The molecule has 0 saturated carbocycles. The fourth-order valence-electron chi connectivity index (χ4n) is 3.85. The van der Waals surface area contributed by atoms with E-state index in [1.165, 1.54) is 11.0 Å². The molecule has 1 aliphatic rings. The maximum Gasteiger partial charge on any atom is 0.294 e. The summed E-state index contributed by atoms with van der Waals surface area (Å²) in [4.78, 5) is 27.8. The fraction of sp³-hybridized carbons (Fsp3) is 0.185. The molecule has 1 amide bonds. The van der Waals surface area contributed by atoms with E-state index in [9.17, 15) is 19.8 Å². The lowest BCUT2D eigenvalue weighted by atomic mass is 9.82. The highest BCUT2D eigenvalue weighted by molar-refractivity contribution is 6.17. The highest BCUT2D eigenvalue weighted by Gasteiger charge is 2.47. The third-order valence-corrected chi connectivity index (χ3v) is 5.43. The number of carbonyl (C=O) groups excluding carboxylic acids is 2. The minimum Gasteiger partial charge on any atom is -0.506 e. The molecule has 1 unspecified atom stereocenters. The van der Waals surface area contributed by atoms with Crippen LogP contribution in [0.25, 0.3) is 0 Å². The van der Waals surface area contributed by atoms with Crippen LogP contribution in [-0.4, -0.2) is 21.9 Å². The Bertz CT molecular complexity index is 1240. The Hall–Kier alpha value is -4.06. The number of phenols is 1. The van der Waals surface area contributed by atoms with E-state index in [2.05, 4.69) is 0 Å². The zero-order valence-corrected chi connectivity index (χ0v) is 18.6. The van der Waals surface area contributed by atoms with Crippen molar-refractivity contribution in [3.8, 4) is 17.2 Å². The van der Waals surface area contributed by atoms with Crippen LogP contribution >= 0.6 is 0 Å². The number of amides is 1. The van der Waals surface area contributed by atoms with Crippen LogP contribution in [0.2, 0.25) is 0 Å². The molecule has 33 heavy (non-hydrogen) atoms. The van der Waals surface area contributed by atoms with E-state index in [-0.39, 0.29) is 22.8 Å². The molecule has 0 aromatic heterocycles. The lowest BCUT2D eigenvalue weighted by molar-refractivity contribution is -0.123. The van der Waals surface area contributed by atoms with Crippen LogP contribution in [-0.2, 0) is 9.59 Å². The number of Topliss-reactive ketones (excluding diaryl/α,β-unsaturated/α-hetero) is 1. The van der Waals surface area contributed by atoms with Crippen molar-refractivity contribution in [3.05, 3.63) is 95.8 Å². The second kappa shape index (κ2) is 8.47. The van der Waals surface area contributed by atoms with Crippen molar-refractivity contribution >= 4 is 17.4 Å². The van der Waals surface area contributed by atoms with Crippen LogP contribution in [0.4, 0.5) is 5.69 Å². The Balaban J connectivity index is 1.85. The molecule has 168 valence electrons. The van der Waals surface area contributed by atoms with Crippen molar-refractivity contribution in [1.29, 1.82) is 0 Å². The summed E-state index contributed by atoms with van der Waals surface area (Å²) in [6, 6.07) is 21.7. The van der Waals surface area contributed by atoms with Gasteiger partial charge in [0, 0.05) is 5.41 Å². The third kappa shape index (κ3) is 4.20. The van der Waals surface area contributed by atoms with E-state index in [1.54, 1.807) is 63.2 Å². The number of aliphatic hydroxyl groups is 1. The number of benzene rings is 3. The van der Waals surface area contributed by atoms with Crippen LogP contribution < -0.4 is 9.64 Å². The SMILES string of the molecule is CC(C)(C)C(=O)C1=C(O)C(=O)N(c2ccccc2O)C1c1cccc(Oc2ccccc2)c1. The first kappa shape index (κ1) is 22.1. The molecule has 0 radical (unpaired) electrons. The smallest absolute Gasteiger partial charge is 0.294 e. The lowest BCUT2D eigenvalue weighted by Gasteiger charge is -2.29. The molecule has 1 aliphatic heterocycles. The quantitative estimate of drug-likeness (QED) is 0.528. The summed E-state index contributed by atoms with van der Waals surface area (Å²) in [5, 5.41) is 21.3. The van der Waals surface area contributed by atoms with Gasteiger partial charge in [0.1, 0.15) is 17.2 Å². The van der Waals surface area contributed by atoms with E-state index in [0.717, 1.165) is 0 Å². The molecule has 0 fully saturated rings. The molecule has 0 bridgehead atoms. The zero-order valence-electron chi connectivity index (χ0n) is 18.6. The van der Waals surface area contributed by atoms with Gasteiger partial charge in [-0.05, 0) is 42.0 Å². The molecular weight excluding hydrogens is 418 g/mol. The molecule has 0 aliphatic carbocycles. The minimum absolute atomic E-state index is 0.00684. The van der Waals surface area contributed by atoms with Crippen LogP contribution in [0.5, 0.6) is 17.2 Å². The van der Waals surface area contributed by atoms with Crippen LogP contribution in [0.3, 0.4) is 0 Å². The fourth-order valence-corrected chi connectivity index (χ4v) is 3.85. The molecule has 2 N–H and O–H groups in total. The van der Waals surface area contributed by atoms with Gasteiger partial charge >= 0.3 is 0 Å². The van der Waals surface area contributed by atoms with Gasteiger partial charge in [-0.15, -0.1) is 0 Å².